The zero-order valence-corrected chi connectivity index (χ0v) is 17.0. The van der Waals surface area contributed by atoms with Gasteiger partial charge in [-0.1, -0.05) is 31.5 Å². The SMILES string of the molecule is CCCCNc1nc(N/N=C/c2c[nH]c3ccccc23)cc(N2CCCCC2)n1. The Bertz CT molecular complexity index is 957. The molecule has 1 aliphatic heterocycles. The van der Waals surface area contributed by atoms with Crippen LogP contribution >= 0.6 is 0 Å². The summed E-state index contributed by atoms with van der Waals surface area (Å²) in [5.74, 6) is 2.32. The quantitative estimate of drug-likeness (QED) is 0.297. The van der Waals surface area contributed by atoms with Gasteiger partial charge in [-0.15, -0.1) is 0 Å². The highest BCUT2D eigenvalue weighted by atomic mass is 15.3. The molecule has 0 atom stereocenters. The molecule has 152 valence electrons. The molecule has 0 bridgehead atoms. The molecule has 1 saturated heterocycles. The third-order valence-electron chi connectivity index (χ3n) is 5.21. The zero-order chi connectivity index (χ0) is 19.9. The van der Waals surface area contributed by atoms with E-state index in [0.29, 0.717) is 11.8 Å². The Morgan fingerprint density at radius 3 is 2.90 bits per heavy atom. The summed E-state index contributed by atoms with van der Waals surface area (Å²) in [4.78, 5) is 14.9. The summed E-state index contributed by atoms with van der Waals surface area (Å²) < 4.78 is 0. The number of H-pyrrole nitrogens is 1. The van der Waals surface area contributed by atoms with Gasteiger partial charge in [-0.05, 0) is 31.7 Å². The van der Waals surface area contributed by atoms with Gasteiger partial charge in [-0.25, -0.2) is 0 Å². The third kappa shape index (κ3) is 4.85. The summed E-state index contributed by atoms with van der Waals surface area (Å²) in [5, 5.41) is 8.92. The predicted octanol–water partition coefficient (Wildman–Crippen LogP) is 4.61. The summed E-state index contributed by atoms with van der Waals surface area (Å²) in [6.07, 6.45) is 9.74. The number of hydrogen-bond donors (Lipinski definition) is 3. The smallest absolute Gasteiger partial charge is 0.226 e. The van der Waals surface area contributed by atoms with Gasteiger partial charge in [0.1, 0.15) is 5.82 Å². The van der Waals surface area contributed by atoms with Crippen LogP contribution in [0.3, 0.4) is 0 Å². The van der Waals surface area contributed by atoms with Crippen molar-refractivity contribution < 1.29 is 0 Å². The fourth-order valence-corrected chi connectivity index (χ4v) is 3.60. The van der Waals surface area contributed by atoms with E-state index in [1.165, 1.54) is 19.3 Å². The van der Waals surface area contributed by atoms with E-state index < -0.39 is 0 Å². The maximum absolute atomic E-state index is 4.73. The Kier molecular flexibility index (Phi) is 6.24. The minimum atomic E-state index is 0.659. The minimum Gasteiger partial charge on any atom is -0.361 e. The van der Waals surface area contributed by atoms with Crippen molar-refractivity contribution >= 4 is 34.7 Å². The zero-order valence-electron chi connectivity index (χ0n) is 17.0. The highest BCUT2D eigenvalue weighted by Gasteiger charge is 2.14. The summed E-state index contributed by atoms with van der Waals surface area (Å²) >= 11 is 0. The molecule has 7 heteroatoms. The second-order valence-electron chi connectivity index (χ2n) is 7.42. The number of unbranched alkanes of at least 4 members (excludes halogenated alkanes) is 1. The molecule has 3 aromatic rings. The number of aromatic amines is 1. The Labute approximate surface area is 171 Å². The molecular formula is C22H29N7. The predicted molar refractivity (Wildman–Crippen MR) is 121 cm³/mol. The Balaban J connectivity index is 1.52. The van der Waals surface area contributed by atoms with Crippen LogP contribution in [-0.2, 0) is 0 Å². The second kappa shape index (κ2) is 9.41. The van der Waals surface area contributed by atoms with Crippen molar-refractivity contribution in [2.24, 2.45) is 5.10 Å². The number of nitrogens with one attached hydrogen (secondary N) is 3. The standard InChI is InChI=1S/C22H29N7/c1-2-3-11-23-22-26-20(14-21(27-22)29-12-7-4-8-13-29)28-25-16-17-15-24-19-10-6-5-9-18(17)19/h5-6,9-10,14-16,24H,2-4,7-8,11-13H2,1H3,(H2,23,26,27,28)/b25-16+. The molecule has 0 radical (unpaired) electrons. The fraction of sp³-hybridized carbons (Fsp3) is 0.409. The number of fused-ring (bicyclic) bond motifs is 1. The van der Waals surface area contributed by atoms with E-state index >= 15 is 0 Å². The molecule has 0 saturated carbocycles. The topological polar surface area (TPSA) is 81.2 Å². The Morgan fingerprint density at radius 1 is 1.17 bits per heavy atom. The summed E-state index contributed by atoms with van der Waals surface area (Å²) in [7, 11) is 0. The van der Waals surface area contributed by atoms with E-state index in [0.717, 1.165) is 54.8 Å². The third-order valence-corrected chi connectivity index (χ3v) is 5.21. The van der Waals surface area contributed by atoms with E-state index in [-0.39, 0.29) is 0 Å². The number of hydrogen-bond acceptors (Lipinski definition) is 6. The van der Waals surface area contributed by atoms with Gasteiger partial charge in [0.05, 0.1) is 6.21 Å². The monoisotopic (exact) mass is 391 g/mol. The molecule has 1 fully saturated rings. The average Bonchev–Trinajstić information content (AvgIpc) is 3.18. The van der Waals surface area contributed by atoms with Crippen molar-refractivity contribution in [3.05, 3.63) is 42.1 Å². The number of rotatable bonds is 8. The number of benzene rings is 1. The molecule has 1 aromatic carbocycles. The molecule has 2 aromatic heterocycles. The largest absolute Gasteiger partial charge is 0.361 e. The van der Waals surface area contributed by atoms with Crippen molar-refractivity contribution in [2.75, 3.05) is 35.3 Å². The molecule has 4 rings (SSSR count). The van der Waals surface area contributed by atoms with Gasteiger partial charge < -0.3 is 15.2 Å². The first-order valence-electron chi connectivity index (χ1n) is 10.6. The molecule has 0 spiro atoms. The average molecular weight is 392 g/mol. The van der Waals surface area contributed by atoms with E-state index in [2.05, 4.69) is 49.8 Å². The number of para-hydroxylation sites is 1. The van der Waals surface area contributed by atoms with Crippen molar-refractivity contribution in [2.45, 2.75) is 39.0 Å². The van der Waals surface area contributed by atoms with Crippen LogP contribution in [0.2, 0.25) is 0 Å². The van der Waals surface area contributed by atoms with E-state index in [9.17, 15) is 0 Å². The minimum absolute atomic E-state index is 0.659. The van der Waals surface area contributed by atoms with Crippen molar-refractivity contribution in [1.82, 2.24) is 15.0 Å². The van der Waals surface area contributed by atoms with E-state index in [1.807, 2.05) is 30.6 Å². The van der Waals surface area contributed by atoms with E-state index in [1.54, 1.807) is 0 Å². The molecule has 29 heavy (non-hydrogen) atoms. The Morgan fingerprint density at radius 2 is 2.03 bits per heavy atom. The first-order chi connectivity index (χ1) is 14.3. The highest BCUT2D eigenvalue weighted by Crippen LogP contribution is 2.22. The highest BCUT2D eigenvalue weighted by molar-refractivity contribution is 5.99. The lowest BCUT2D eigenvalue weighted by molar-refractivity contribution is 0.573. The van der Waals surface area contributed by atoms with Crippen LogP contribution in [0, 0.1) is 0 Å². The maximum Gasteiger partial charge on any atom is 0.226 e. The number of piperidine rings is 1. The summed E-state index contributed by atoms with van der Waals surface area (Å²) in [6.45, 7) is 5.14. The number of hydrazone groups is 1. The fourth-order valence-electron chi connectivity index (χ4n) is 3.60. The van der Waals surface area contributed by atoms with Crippen LogP contribution in [0.1, 0.15) is 44.6 Å². The van der Waals surface area contributed by atoms with E-state index in [4.69, 9.17) is 4.98 Å². The lowest BCUT2D eigenvalue weighted by Gasteiger charge is -2.28. The van der Waals surface area contributed by atoms with Gasteiger partial charge in [-0.2, -0.15) is 15.1 Å². The number of aromatic nitrogens is 3. The van der Waals surface area contributed by atoms with Gasteiger partial charge in [0, 0.05) is 48.4 Å². The molecule has 0 unspecified atom stereocenters. The summed E-state index contributed by atoms with van der Waals surface area (Å²) in [5.41, 5.74) is 5.24. The first kappa shape index (κ1) is 19.2. The van der Waals surface area contributed by atoms with Crippen LogP contribution in [0.15, 0.2) is 41.6 Å². The van der Waals surface area contributed by atoms with Gasteiger partial charge in [-0.3, -0.25) is 5.43 Å². The van der Waals surface area contributed by atoms with Crippen molar-refractivity contribution in [3.63, 3.8) is 0 Å². The first-order valence-corrected chi connectivity index (χ1v) is 10.6. The van der Waals surface area contributed by atoms with Gasteiger partial charge in [0.2, 0.25) is 5.95 Å². The van der Waals surface area contributed by atoms with Crippen molar-refractivity contribution in [3.8, 4) is 0 Å². The molecule has 0 aliphatic carbocycles. The van der Waals surface area contributed by atoms with Gasteiger partial charge in [0.25, 0.3) is 0 Å². The van der Waals surface area contributed by atoms with Gasteiger partial charge in [0.15, 0.2) is 5.82 Å². The molecular weight excluding hydrogens is 362 g/mol. The van der Waals surface area contributed by atoms with Crippen LogP contribution in [0.25, 0.3) is 10.9 Å². The van der Waals surface area contributed by atoms with Crippen LogP contribution in [-0.4, -0.2) is 40.8 Å². The second-order valence-corrected chi connectivity index (χ2v) is 7.42. The van der Waals surface area contributed by atoms with Gasteiger partial charge >= 0.3 is 0 Å². The molecule has 3 heterocycles. The maximum atomic E-state index is 4.73. The van der Waals surface area contributed by atoms with Crippen molar-refractivity contribution in [1.29, 1.82) is 0 Å². The molecule has 3 N–H and O–H groups in total. The number of nitrogens with zero attached hydrogens (tertiary/aromatic N) is 4. The van der Waals surface area contributed by atoms with Crippen LogP contribution in [0.5, 0.6) is 0 Å². The molecule has 1 aliphatic rings. The molecule has 0 amide bonds. The summed E-state index contributed by atoms with van der Waals surface area (Å²) in [6, 6.07) is 10.2. The Hall–Kier alpha value is -3.09. The van der Waals surface area contributed by atoms with Crippen LogP contribution in [0.4, 0.5) is 17.6 Å². The lowest BCUT2D eigenvalue weighted by atomic mass is 10.1. The normalized spacial score (nSPS) is 14.6. The molecule has 7 nitrogen and oxygen atoms in total. The number of anilines is 3. The van der Waals surface area contributed by atoms with Crippen LogP contribution < -0.4 is 15.6 Å². The lowest BCUT2D eigenvalue weighted by Crippen LogP contribution is -2.30.